The van der Waals surface area contributed by atoms with Crippen molar-refractivity contribution in [3.63, 3.8) is 0 Å². The van der Waals surface area contributed by atoms with E-state index >= 15 is 0 Å². The molecule has 0 aromatic heterocycles. The minimum Gasteiger partial charge on any atom is -0.330 e. The highest BCUT2D eigenvalue weighted by Gasteiger charge is 2.32. The minimum absolute atomic E-state index is 0.637. The van der Waals surface area contributed by atoms with E-state index in [-0.39, 0.29) is 0 Å². The van der Waals surface area contributed by atoms with Gasteiger partial charge in [0.2, 0.25) is 0 Å². The molecule has 3 heteroatoms. The van der Waals surface area contributed by atoms with Gasteiger partial charge in [0, 0.05) is 31.7 Å². The van der Waals surface area contributed by atoms with Gasteiger partial charge in [-0.15, -0.1) is 0 Å². The van der Waals surface area contributed by atoms with Crippen molar-refractivity contribution in [1.82, 2.24) is 9.80 Å². The van der Waals surface area contributed by atoms with Crippen molar-refractivity contribution < 1.29 is 0 Å². The molecule has 0 spiro atoms. The van der Waals surface area contributed by atoms with Crippen molar-refractivity contribution in [1.29, 1.82) is 0 Å². The number of hydrogen-bond donors (Lipinski definition) is 1. The molecule has 0 aliphatic carbocycles. The summed E-state index contributed by atoms with van der Waals surface area (Å²) in [6.45, 7) is 10.5. The molecule has 0 amide bonds. The van der Waals surface area contributed by atoms with Crippen LogP contribution in [0.2, 0.25) is 0 Å². The smallest absolute Gasteiger partial charge is 0.0223 e. The van der Waals surface area contributed by atoms with E-state index in [0.717, 1.165) is 12.6 Å². The average molecular weight is 225 g/mol. The molecule has 2 aliphatic rings. The Balaban J connectivity index is 1.90. The highest BCUT2D eigenvalue weighted by Crippen LogP contribution is 2.24. The van der Waals surface area contributed by atoms with Gasteiger partial charge in [0.15, 0.2) is 0 Å². The molecule has 16 heavy (non-hydrogen) atoms. The van der Waals surface area contributed by atoms with E-state index in [1.54, 1.807) is 0 Å². The molecule has 2 N–H and O–H groups in total. The number of rotatable bonds is 3. The van der Waals surface area contributed by atoms with E-state index in [2.05, 4.69) is 23.6 Å². The second-order valence-corrected chi connectivity index (χ2v) is 5.79. The molecule has 3 unspecified atom stereocenters. The summed E-state index contributed by atoms with van der Waals surface area (Å²) in [5, 5.41) is 0. The van der Waals surface area contributed by atoms with Crippen LogP contribution in [0.1, 0.15) is 33.1 Å². The Kier molecular flexibility index (Phi) is 4.22. The predicted molar refractivity (Wildman–Crippen MR) is 68.5 cm³/mol. The van der Waals surface area contributed by atoms with E-state index in [4.69, 9.17) is 5.73 Å². The van der Waals surface area contributed by atoms with Crippen molar-refractivity contribution in [2.45, 2.75) is 45.2 Å². The van der Waals surface area contributed by atoms with Gasteiger partial charge >= 0.3 is 0 Å². The van der Waals surface area contributed by atoms with Crippen molar-refractivity contribution in [2.75, 3.05) is 32.7 Å². The molecule has 0 radical (unpaired) electrons. The summed E-state index contributed by atoms with van der Waals surface area (Å²) >= 11 is 0. The molecular formula is C13H27N3. The lowest BCUT2D eigenvalue weighted by Gasteiger charge is -2.48. The Morgan fingerprint density at radius 3 is 2.88 bits per heavy atom. The first-order valence-electron chi connectivity index (χ1n) is 6.89. The SMILES string of the molecule is CC(CN)CN1CC2CCCCN2CC1C. The molecule has 0 aromatic rings. The Morgan fingerprint density at radius 1 is 1.31 bits per heavy atom. The molecule has 0 saturated carbocycles. The summed E-state index contributed by atoms with van der Waals surface area (Å²) in [6.07, 6.45) is 4.23. The zero-order valence-electron chi connectivity index (χ0n) is 10.9. The quantitative estimate of drug-likeness (QED) is 0.782. The van der Waals surface area contributed by atoms with Crippen molar-refractivity contribution in [3.05, 3.63) is 0 Å². The first-order chi connectivity index (χ1) is 7.70. The van der Waals surface area contributed by atoms with Gasteiger partial charge in [-0.25, -0.2) is 0 Å². The molecule has 3 nitrogen and oxygen atoms in total. The lowest BCUT2D eigenvalue weighted by molar-refractivity contribution is 0.00941. The Labute approximate surface area is 100.0 Å². The first kappa shape index (κ1) is 12.3. The fourth-order valence-electron chi connectivity index (χ4n) is 3.14. The van der Waals surface area contributed by atoms with Gasteiger partial charge in [-0.1, -0.05) is 13.3 Å². The summed E-state index contributed by atoms with van der Waals surface area (Å²) in [5.41, 5.74) is 5.73. The van der Waals surface area contributed by atoms with Crippen LogP contribution in [0, 0.1) is 5.92 Å². The van der Waals surface area contributed by atoms with Crippen LogP contribution in [0.4, 0.5) is 0 Å². The van der Waals surface area contributed by atoms with Gasteiger partial charge in [-0.05, 0) is 38.8 Å². The summed E-state index contributed by atoms with van der Waals surface area (Å²) in [5.74, 6) is 0.637. The maximum Gasteiger partial charge on any atom is 0.0223 e. The van der Waals surface area contributed by atoms with Crippen LogP contribution in [-0.4, -0.2) is 54.6 Å². The van der Waals surface area contributed by atoms with E-state index in [0.29, 0.717) is 12.0 Å². The summed E-state index contributed by atoms with van der Waals surface area (Å²) in [4.78, 5) is 5.36. The Morgan fingerprint density at radius 2 is 2.12 bits per heavy atom. The van der Waals surface area contributed by atoms with Crippen molar-refractivity contribution >= 4 is 0 Å². The molecule has 2 rings (SSSR count). The second-order valence-electron chi connectivity index (χ2n) is 5.79. The van der Waals surface area contributed by atoms with Crippen LogP contribution in [0.15, 0.2) is 0 Å². The van der Waals surface area contributed by atoms with E-state index in [9.17, 15) is 0 Å². The zero-order valence-corrected chi connectivity index (χ0v) is 10.9. The van der Waals surface area contributed by atoms with Gasteiger partial charge in [-0.2, -0.15) is 0 Å². The number of hydrogen-bond acceptors (Lipinski definition) is 3. The standard InChI is InChI=1S/C13H27N3/c1-11(7-14)8-16-10-13-5-3-4-6-15(13)9-12(16)2/h11-13H,3-10,14H2,1-2H3. The van der Waals surface area contributed by atoms with Gasteiger partial charge in [-0.3, -0.25) is 9.80 Å². The van der Waals surface area contributed by atoms with Gasteiger partial charge < -0.3 is 5.73 Å². The van der Waals surface area contributed by atoms with Crippen molar-refractivity contribution in [2.24, 2.45) is 11.7 Å². The number of fused-ring (bicyclic) bond motifs is 1. The molecule has 0 bridgehead atoms. The highest BCUT2D eigenvalue weighted by molar-refractivity contribution is 4.89. The lowest BCUT2D eigenvalue weighted by atomic mass is 9.96. The van der Waals surface area contributed by atoms with E-state index in [1.807, 2.05) is 0 Å². The predicted octanol–water partition coefficient (Wildman–Crippen LogP) is 1.14. The second kappa shape index (κ2) is 5.48. The van der Waals surface area contributed by atoms with Crippen LogP contribution >= 0.6 is 0 Å². The van der Waals surface area contributed by atoms with Gasteiger partial charge in [0.1, 0.15) is 0 Å². The fraction of sp³-hybridized carbons (Fsp3) is 1.00. The molecule has 2 heterocycles. The first-order valence-corrected chi connectivity index (χ1v) is 6.89. The van der Waals surface area contributed by atoms with Crippen LogP contribution in [0.3, 0.4) is 0 Å². The molecular weight excluding hydrogens is 198 g/mol. The molecule has 3 atom stereocenters. The van der Waals surface area contributed by atoms with Gasteiger partial charge in [0.25, 0.3) is 0 Å². The fourth-order valence-corrected chi connectivity index (χ4v) is 3.14. The van der Waals surface area contributed by atoms with E-state index < -0.39 is 0 Å². The minimum atomic E-state index is 0.637. The molecule has 2 saturated heterocycles. The monoisotopic (exact) mass is 225 g/mol. The Hall–Kier alpha value is -0.120. The Bertz CT molecular complexity index is 219. The molecule has 2 fully saturated rings. The van der Waals surface area contributed by atoms with Crippen LogP contribution in [0.5, 0.6) is 0 Å². The van der Waals surface area contributed by atoms with Crippen molar-refractivity contribution in [3.8, 4) is 0 Å². The number of piperidine rings is 1. The molecule has 94 valence electrons. The topological polar surface area (TPSA) is 32.5 Å². The maximum atomic E-state index is 5.73. The summed E-state index contributed by atoms with van der Waals surface area (Å²) in [7, 11) is 0. The normalized spacial score (nSPS) is 34.7. The summed E-state index contributed by atoms with van der Waals surface area (Å²) < 4.78 is 0. The number of nitrogens with two attached hydrogens (primary N) is 1. The molecule has 0 aromatic carbocycles. The lowest BCUT2D eigenvalue weighted by Crippen LogP contribution is -2.59. The summed E-state index contributed by atoms with van der Waals surface area (Å²) in [6, 6.07) is 1.54. The third kappa shape index (κ3) is 2.76. The number of nitrogens with zero attached hydrogens (tertiary/aromatic N) is 2. The average Bonchev–Trinajstić information content (AvgIpc) is 2.30. The highest BCUT2D eigenvalue weighted by atomic mass is 15.3. The van der Waals surface area contributed by atoms with Crippen LogP contribution < -0.4 is 5.73 Å². The van der Waals surface area contributed by atoms with E-state index in [1.165, 1.54) is 45.4 Å². The number of piperazine rings is 1. The molecule has 2 aliphatic heterocycles. The maximum absolute atomic E-state index is 5.73. The van der Waals surface area contributed by atoms with Crippen LogP contribution in [-0.2, 0) is 0 Å². The zero-order chi connectivity index (χ0) is 11.5. The largest absolute Gasteiger partial charge is 0.330 e. The van der Waals surface area contributed by atoms with Gasteiger partial charge in [0.05, 0.1) is 0 Å². The third-order valence-corrected chi connectivity index (χ3v) is 4.26. The third-order valence-electron chi connectivity index (χ3n) is 4.26. The van der Waals surface area contributed by atoms with Crippen LogP contribution in [0.25, 0.3) is 0 Å².